The third kappa shape index (κ3) is 3.86. The Morgan fingerprint density at radius 2 is 2.47 bits per heavy atom. The summed E-state index contributed by atoms with van der Waals surface area (Å²) in [6.07, 6.45) is 3.36. The number of aryl methyl sites for hydroxylation is 2. The van der Waals surface area contributed by atoms with E-state index in [-0.39, 0.29) is 5.91 Å². The number of rotatable bonds is 4. The van der Waals surface area contributed by atoms with Gasteiger partial charge in [0, 0.05) is 12.1 Å². The first-order valence-electron chi connectivity index (χ1n) is 4.84. The van der Waals surface area contributed by atoms with Gasteiger partial charge in [-0.05, 0) is 32.6 Å². The van der Waals surface area contributed by atoms with E-state index < -0.39 is 0 Å². The lowest BCUT2D eigenvalue weighted by Gasteiger charge is -1.99. The van der Waals surface area contributed by atoms with Crippen LogP contribution in [-0.2, 0) is 11.2 Å². The van der Waals surface area contributed by atoms with Gasteiger partial charge in [-0.1, -0.05) is 11.1 Å². The molecule has 0 aliphatic rings. The van der Waals surface area contributed by atoms with Crippen LogP contribution in [0.5, 0.6) is 0 Å². The summed E-state index contributed by atoms with van der Waals surface area (Å²) in [5.74, 6) is 4.74. The van der Waals surface area contributed by atoms with Gasteiger partial charge in [0.05, 0.1) is 5.69 Å². The molecule has 0 aliphatic carbocycles. The molecule has 0 aromatic carbocycles. The summed E-state index contributed by atoms with van der Waals surface area (Å²) in [5, 5.41) is 6.48. The van der Waals surface area contributed by atoms with Gasteiger partial charge in [0.2, 0.25) is 0 Å². The maximum Gasteiger partial charge on any atom is 0.295 e. The minimum absolute atomic E-state index is 0.223. The molecule has 0 aliphatic heterocycles. The van der Waals surface area contributed by atoms with E-state index in [1.165, 1.54) is 0 Å². The topological polar surface area (TPSA) is 55.1 Å². The second kappa shape index (κ2) is 5.86. The Morgan fingerprint density at radius 1 is 1.67 bits per heavy atom. The minimum atomic E-state index is -0.223. The predicted octanol–water partition coefficient (Wildman–Crippen LogP) is 1.06. The number of nitrogens with zero attached hydrogens (tertiary/aromatic N) is 1. The van der Waals surface area contributed by atoms with Crippen LogP contribution < -0.4 is 5.32 Å². The van der Waals surface area contributed by atoms with Crippen molar-refractivity contribution >= 4 is 5.91 Å². The molecule has 80 valence electrons. The number of hydrogen-bond donors (Lipinski definition) is 1. The lowest BCUT2D eigenvalue weighted by Crippen LogP contribution is -2.22. The first kappa shape index (κ1) is 11.3. The van der Waals surface area contributed by atoms with Crippen molar-refractivity contribution in [3.63, 3.8) is 0 Å². The summed E-state index contributed by atoms with van der Waals surface area (Å²) in [4.78, 5) is 11.0. The lowest BCUT2D eigenvalue weighted by atomic mass is 10.1. The van der Waals surface area contributed by atoms with E-state index in [1.54, 1.807) is 13.2 Å². The highest BCUT2D eigenvalue weighted by Crippen LogP contribution is 2.06. The largest absolute Gasteiger partial charge is 0.364 e. The van der Waals surface area contributed by atoms with Crippen molar-refractivity contribution in [2.75, 3.05) is 6.54 Å². The van der Waals surface area contributed by atoms with E-state index in [4.69, 9.17) is 4.52 Å². The highest BCUT2D eigenvalue weighted by atomic mass is 16.5. The molecule has 1 amide bonds. The molecule has 0 saturated heterocycles. The van der Waals surface area contributed by atoms with Gasteiger partial charge in [-0.25, -0.2) is 0 Å². The van der Waals surface area contributed by atoms with Crippen molar-refractivity contribution in [3.05, 3.63) is 17.5 Å². The molecule has 0 bridgehead atoms. The van der Waals surface area contributed by atoms with Crippen molar-refractivity contribution < 1.29 is 9.32 Å². The van der Waals surface area contributed by atoms with Crippen LogP contribution in [0.15, 0.2) is 10.8 Å². The third-order valence-electron chi connectivity index (χ3n) is 2.00. The maximum absolute atomic E-state index is 11.0. The second-order valence-corrected chi connectivity index (χ2v) is 3.16. The first-order chi connectivity index (χ1) is 7.24. The van der Waals surface area contributed by atoms with Crippen LogP contribution >= 0.6 is 0 Å². The van der Waals surface area contributed by atoms with Gasteiger partial charge in [0.1, 0.15) is 6.26 Å². The molecule has 1 N–H and O–H groups in total. The Kier molecular flexibility index (Phi) is 4.42. The third-order valence-corrected chi connectivity index (χ3v) is 2.00. The van der Waals surface area contributed by atoms with E-state index >= 15 is 0 Å². The Balaban J connectivity index is 2.19. The molecule has 0 radical (unpaired) electrons. The van der Waals surface area contributed by atoms with Crippen LogP contribution in [-0.4, -0.2) is 17.6 Å². The van der Waals surface area contributed by atoms with Crippen LogP contribution in [0.4, 0.5) is 0 Å². The molecule has 0 atom stereocenters. The zero-order valence-corrected chi connectivity index (χ0v) is 8.96. The lowest BCUT2D eigenvalue weighted by molar-refractivity contribution is -0.115. The van der Waals surface area contributed by atoms with E-state index in [0.29, 0.717) is 6.54 Å². The molecule has 1 rings (SSSR count). The zero-order chi connectivity index (χ0) is 11.1. The molecule has 4 heteroatoms. The molecule has 0 saturated carbocycles. The van der Waals surface area contributed by atoms with Crippen LogP contribution in [0.1, 0.15) is 24.6 Å². The Hall–Kier alpha value is -1.76. The van der Waals surface area contributed by atoms with Gasteiger partial charge in [-0.2, -0.15) is 0 Å². The normalized spacial score (nSPS) is 9.20. The molecule has 1 heterocycles. The number of carbonyl (C=O) groups excluding carboxylic acids is 1. The highest BCUT2D eigenvalue weighted by Gasteiger charge is 2.02. The maximum atomic E-state index is 11.0. The highest BCUT2D eigenvalue weighted by molar-refractivity contribution is 5.93. The Bertz CT molecular complexity index is 385. The summed E-state index contributed by atoms with van der Waals surface area (Å²) < 4.78 is 4.80. The molecular weight excluding hydrogens is 192 g/mol. The van der Waals surface area contributed by atoms with Gasteiger partial charge in [0.15, 0.2) is 0 Å². The number of aromatic nitrogens is 1. The molecule has 0 unspecified atom stereocenters. The fourth-order valence-electron chi connectivity index (χ4n) is 1.19. The molecule has 15 heavy (non-hydrogen) atoms. The van der Waals surface area contributed by atoms with Crippen LogP contribution in [0.3, 0.4) is 0 Å². The first-order valence-corrected chi connectivity index (χ1v) is 4.84. The summed E-state index contributed by atoms with van der Waals surface area (Å²) in [6, 6.07) is 0. The number of carbonyl (C=O) groups is 1. The predicted molar refractivity (Wildman–Crippen MR) is 56.0 cm³/mol. The smallest absolute Gasteiger partial charge is 0.295 e. The SMILES string of the molecule is CC#CC(=O)NCCCc1conc1C. The van der Waals surface area contributed by atoms with Crippen molar-refractivity contribution in [1.82, 2.24) is 10.5 Å². The fourth-order valence-corrected chi connectivity index (χ4v) is 1.19. The Morgan fingerprint density at radius 3 is 3.07 bits per heavy atom. The van der Waals surface area contributed by atoms with Crippen LogP contribution in [0.25, 0.3) is 0 Å². The standard InChI is InChI=1S/C11H14N2O2/c1-3-5-11(14)12-7-4-6-10-8-15-13-9(10)2/h8H,4,6-7H2,1-2H3,(H,12,14). The Labute approximate surface area is 89.0 Å². The van der Waals surface area contributed by atoms with E-state index in [0.717, 1.165) is 24.1 Å². The number of hydrogen-bond acceptors (Lipinski definition) is 3. The van der Waals surface area contributed by atoms with E-state index in [2.05, 4.69) is 22.3 Å². The van der Waals surface area contributed by atoms with Crippen molar-refractivity contribution in [3.8, 4) is 11.8 Å². The number of amides is 1. The van der Waals surface area contributed by atoms with Gasteiger partial charge in [-0.15, -0.1) is 0 Å². The van der Waals surface area contributed by atoms with Crippen LogP contribution in [0.2, 0.25) is 0 Å². The molecule has 1 aromatic heterocycles. The number of nitrogens with one attached hydrogen (secondary N) is 1. The second-order valence-electron chi connectivity index (χ2n) is 3.16. The molecule has 4 nitrogen and oxygen atoms in total. The molecule has 1 aromatic rings. The summed E-state index contributed by atoms with van der Waals surface area (Å²) in [7, 11) is 0. The average molecular weight is 206 g/mol. The van der Waals surface area contributed by atoms with Gasteiger partial charge < -0.3 is 9.84 Å². The fraction of sp³-hybridized carbons (Fsp3) is 0.455. The van der Waals surface area contributed by atoms with Crippen molar-refractivity contribution in [2.45, 2.75) is 26.7 Å². The minimum Gasteiger partial charge on any atom is -0.364 e. The van der Waals surface area contributed by atoms with Crippen molar-refractivity contribution in [2.24, 2.45) is 0 Å². The zero-order valence-electron chi connectivity index (χ0n) is 8.96. The average Bonchev–Trinajstić information content (AvgIpc) is 2.60. The van der Waals surface area contributed by atoms with Crippen molar-refractivity contribution in [1.29, 1.82) is 0 Å². The van der Waals surface area contributed by atoms with Gasteiger partial charge >= 0.3 is 0 Å². The molecule has 0 spiro atoms. The van der Waals surface area contributed by atoms with E-state index in [9.17, 15) is 4.79 Å². The van der Waals surface area contributed by atoms with Gasteiger partial charge in [0.25, 0.3) is 5.91 Å². The monoisotopic (exact) mass is 206 g/mol. The summed E-state index contributed by atoms with van der Waals surface area (Å²) in [6.45, 7) is 4.16. The summed E-state index contributed by atoms with van der Waals surface area (Å²) >= 11 is 0. The van der Waals surface area contributed by atoms with E-state index in [1.807, 2.05) is 6.92 Å². The molecule has 0 fully saturated rings. The molecular formula is C11H14N2O2. The van der Waals surface area contributed by atoms with Crippen LogP contribution in [0, 0.1) is 18.8 Å². The quantitative estimate of drug-likeness (QED) is 0.592. The van der Waals surface area contributed by atoms with Gasteiger partial charge in [-0.3, -0.25) is 4.79 Å². The summed E-state index contributed by atoms with van der Waals surface area (Å²) in [5.41, 5.74) is 2.00.